The molecule has 0 aromatic rings. The molecule has 0 spiro atoms. The van der Waals surface area contributed by atoms with Crippen LogP contribution in [0.25, 0.3) is 0 Å². The van der Waals surface area contributed by atoms with Crippen molar-refractivity contribution in [3.05, 3.63) is 0 Å². The van der Waals surface area contributed by atoms with Crippen molar-refractivity contribution >= 4 is 5.91 Å². The van der Waals surface area contributed by atoms with Crippen LogP contribution in [-0.4, -0.2) is 54.5 Å². The van der Waals surface area contributed by atoms with Gasteiger partial charge >= 0.3 is 0 Å². The van der Waals surface area contributed by atoms with Gasteiger partial charge in [0.25, 0.3) is 0 Å². The molecule has 20 heavy (non-hydrogen) atoms. The van der Waals surface area contributed by atoms with Crippen LogP contribution in [-0.2, 0) is 4.79 Å². The number of carbonyl (C=O) groups is 1. The Morgan fingerprint density at radius 2 is 2.00 bits per heavy atom. The van der Waals surface area contributed by atoms with E-state index in [1.165, 1.54) is 0 Å². The van der Waals surface area contributed by atoms with Crippen LogP contribution in [0.3, 0.4) is 0 Å². The third-order valence-electron chi connectivity index (χ3n) is 4.01. The quantitative estimate of drug-likeness (QED) is 0.859. The highest BCUT2D eigenvalue weighted by Crippen LogP contribution is 2.22. The lowest BCUT2D eigenvalue weighted by Gasteiger charge is -2.32. The molecular weight excluding hydrogens is 250 g/mol. The molecule has 1 aliphatic rings. The Labute approximate surface area is 124 Å². The zero-order valence-electron chi connectivity index (χ0n) is 14.0. The van der Waals surface area contributed by atoms with E-state index in [-0.39, 0.29) is 17.4 Å². The first-order chi connectivity index (χ1) is 9.23. The van der Waals surface area contributed by atoms with Gasteiger partial charge in [-0.2, -0.15) is 0 Å². The molecule has 0 saturated carbocycles. The van der Waals surface area contributed by atoms with Crippen LogP contribution in [0, 0.1) is 5.41 Å². The summed E-state index contributed by atoms with van der Waals surface area (Å²) in [5, 5.41) is 0. The highest BCUT2D eigenvalue weighted by molar-refractivity contribution is 5.77. The summed E-state index contributed by atoms with van der Waals surface area (Å²) in [6.45, 7) is 11.6. The van der Waals surface area contributed by atoms with E-state index < -0.39 is 0 Å². The van der Waals surface area contributed by atoms with Crippen LogP contribution in [0.1, 0.15) is 53.4 Å². The summed E-state index contributed by atoms with van der Waals surface area (Å²) < 4.78 is 0. The van der Waals surface area contributed by atoms with Crippen molar-refractivity contribution < 1.29 is 4.79 Å². The van der Waals surface area contributed by atoms with E-state index in [9.17, 15) is 4.79 Å². The number of hydrogen-bond acceptors (Lipinski definition) is 3. The molecule has 0 aliphatic carbocycles. The molecule has 2 unspecified atom stereocenters. The van der Waals surface area contributed by atoms with Crippen LogP contribution in [0.4, 0.5) is 0 Å². The predicted octanol–water partition coefficient (Wildman–Crippen LogP) is 2.08. The lowest BCUT2D eigenvalue weighted by atomic mass is 9.87. The summed E-state index contributed by atoms with van der Waals surface area (Å²) in [7, 11) is 2.14. The number of nitrogens with two attached hydrogens (primary N) is 1. The maximum Gasteiger partial charge on any atom is 0.224 e. The van der Waals surface area contributed by atoms with Gasteiger partial charge in [0.2, 0.25) is 5.91 Å². The van der Waals surface area contributed by atoms with Crippen molar-refractivity contribution in [1.29, 1.82) is 0 Å². The van der Waals surface area contributed by atoms with Crippen molar-refractivity contribution in [2.75, 3.05) is 26.7 Å². The molecule has 0 aromatic heterocycles. The molecule has 118 valence electrons. The molecule has 1 rings (SSSR count). The maximum atomic E-state index is 12.6. The van der Waals surface area contributed by atoms with Crippen LogP contribution < -0.4 is 5.73 Å². The van der Waals surface area contributed by atoms with Gasteiger partial charge in [0, 0.05) is 31.6 Å². The van der Waals surface area contributed by atoms with Crippen LogP contribution in [0.15, 0.2) is 0 Å². The van der Waals surface area contributed by atoms with E-state index in [0.29, 0.717) is 12.5 Å². The topological polar surface area (TPSA) is 49.6 Å². The normalized spacial score (nSPS) is 23.5. The molecule has 2 atom stereocenters. The Morgan fingerprint density at radius 3 is 2.55 bits per heavy atom. The number of amides is 1. The summed E-state index contributed by atoms with van der Waals surface area (Å²) in [6.07, 6.45) is 3.46. The van der Waals surface area contributed by atoms with Crippen LogP contribution in [0.2, 0.25) is 0 Å². The van der Waals surface area contributed by atoms with Crippen molar-refractivity contribution in [1.82, 2.24) is 9.80 Å². The fourth-order valence-corrected chi connectivity index (χ4v) is 3.12. The highest BCUT2D eigenvalue weighted by Gasteiger charge is 2.27. The van der Waals surface area contributed by atoms with Gasteiger partial charge in [-0.3, -0.25) is 4.79 Å². The molecule has 0 radical (unpaired) electrons. The van der Waals surface area contributed by atoms with Crippen LogP contribution in [0.5, 0.6) is 0 Å². The fraction of sp³-hybridized carbons (Fsp3) is 0.938. The second-order valence-electron chi connectivity index (χ2n) is 7.49. The largest absolute Gasteiger partial charge is 0.338 e. The Kier molecular flexibility index (Phi) is 6.46. The van der Waals surface area contributed by atoms with Crippen molar-refractivity contribution in [2.24, 2.45) is 11.1 Å². The monoisotopic (exact) mass is 283 g/mol. The maximum absolute atomic E-state index is 12.6. The summed E-state index contributed by atoms with van der Waals surface area (Å²) in [4.78, 5) is 17.0. The molecule has 4 heteroatoms. The Morgan fingerprint density at radius 1 is 1.35 bits per heavy atom. The average molecular weight is 283 g/mol. The Balaban J connectivity index is 2.59. The number of nitrogens with zero attached hydrogens (tertiary/aromatic N) is 2. The van der Waals surface area contributed by atoms with Gasteiger partial charge in [-0.05, 0) is 38.3 Å². The SMILES string of the molecule is CCC1CN(C)CCCN1C(=O)CC(N)CC(C)(C)C. The first kappa shape index (κ1) is 17.4. The first-order valence-corrected chi connectivity index (χ1v) is 7.96. The molecule has 1 heterocycles. The minimum atomic E-state index is -0.0269. The first-order valence-electron chi connectivity index (χ1n) is 7.96. The zero-order chi connectivity index (χ0) is 15.3. The summed E-state index contributed by atoms with van der Waals surface area (Å²) >= 11 is 0. The van der Waals surface area contributed by atoms with Crippen LogP contribution >= 0.6 is 0 Å². The zero-order valence-corrected chi connectivity index (χ0v) is 14.0. The van der Waals surface area contributed by atoms with E-state index in [1.807, 2.05) is 0 Å². The minimum absolute atomic E-state index is 0.0269. The highest BCUT2D eigenvalue weighted by atomic mass is 16.2. The van der Waals surface area contributed by atoms with E-state index in [0.717, 1.165) is 38.9 Å². The molecule has 1 amide bonds. The van der Waals surface area contributed by atoms with E-state index >= 15 is 0 Å². The van der Waals surface area contributed by atoms with Gasteiger partial charge in [-0.25, -0.2) is 0 Å². The van der Waals surface area contributed by atoms with Gasteiger partial charge in [-0.1, -0.05) is 27.7 Å². The number of rotatable bonds is 4. The third-order valence-corrected chi connectivity index (χ3v) is 4.01. The second-order valence-corrected chi connectivity index (χ2v) is 7.49. The molecule has 0 bridgehead atoms. The Bertz CT molecular complexity index is 311. The number of hydrogen-bond donors (Lipinski definition) is 1. The van der Waals surface area contributed by atoms with Gasteiger partial charge in [0.1, 0.15) is 0 Å². The van der Waals surface area contributed by atoms with Crippen molar-refractivity contribution in [3.63, 3.8) is 0 Å². The second kappa shape index (κ2) is 7.41. The lowest BCUT2D eigenvalue weighted by Crippen LogP contribution is -2.45. The van der Waals surface area contributed by atoms with E-state index in [1.54, 1.807) is 0 Å². The Hall–Kier alpha value is -0.610. The molecule has 1 fully saturated rings. The van der Waals surface area contributed by atoms with Gasteiger partial charge in [0.15, 0.2) is 0 Å². The number of carbonyl (C=O) groups excluding carboxylic acids is 1. The molecule has 4 nitrogen and oxygen atoms in total. The lowest BCUT2D eigenvalue weighted by molar-refractivity contribution is -0.133. The summed E-state index contributed by atoms with van der Waals surface area (Å²) in [5.74, 6) is 0.240. The minimum Gasteiger partial charge on any atom is -0.338 e. The smallest absolute Gasteiger partial charge is 0.224 e. The van der Waals surface area contributed by atoms with E-state index in [4.69, 9.17) is 5.73 Å². The van der Waals surface area contributed by atoms with Gasteiger partial charge < -0.3 is 15.5 Å². The third kappa shape index (κ3) is 5.80. The fourth-order valence-electron chi connectivity index (χ4n) is 3.12. The van der Waals surface area contributed by atoms with Gasteiger partial charge in [-0.15, -0.1) is 0 Å². The van der Waals surface area contributed by atoms with Crippen molar-refractivity contribution in [3.8, 4) is 0 Å². The molecule has 0 aromatic carbocycles. The van der Waals surface area contributed by atoms with E-state index in [2.05, 4.69) is 44.5 Å². The number of likely N-dealkylation sites (N-methyl/N-ethyl adjacent to an activating group) is 1. The average Bonchev–Trinajstić information content (AvgIpc) is 2.47. The summed E-state index contributed by atoms with van der Waals surface area (Å²) in [5.41, 5.74) is 6.35. The molecule has 2 N–H and O–H groups in total. The molecule has 1 aliphatic heterocycles. The van der Waals surface area contributed by atoms with Crippen molar-refractivity contribution in [2.45, 2.75) is 65.5 Å². The predicted molar refractivity (Wildman–Crippen MR) is 84.6 cm³/mol. The standard InChI is InChI=1S/C16H33N3O/c1-6-14-12-18(5)8-7-9-19(14)15(20)10-13(17)11-16(2,3)4/h13-14H,6-12,17H2,1-5H3. The van der Waals surface area contributed by atoms with Gasteiger partial charge in [0.05, 0.1) is 0 Å². The molecular formula is C16H33N3O. The summed E-state index contributed by atoms with van der Waals surface area (Å²) in [6, 6.07) is 0.317. The molecule has 1 saturated heterocycles.